The fourth-order valence-corrected chi connectivity index (χ4v) is 7.90. The molecule has 50 heavy (non-hydrogen) atoms. The van der Waals surface area contributed by atoms with E-state index in [0.717, 1.165) is 10.00 Å². The van der Waals surface area contributed by atoms with Gasteiger partial charge >= 0.3 is 5.97 Å². The summed E-state index contributed by atoms with van der Waals surface area (Å²) in [6.45, 7) is 3.55. The van der Waals surface area contributed by atoms with Crippen molar-refractivity contribution in [1.29, 1.82) is 0 Å². The van der Waals surface area contributed by atoms with Gasteiger partial charge in [0.15, 0.2) is 17.2 Å². The zero-order valence-electron chi connectivity index (χ0n) is 27.2. The second-order valence-corrected chi connectivity index (χ2v) is 14.1. The van der Waals surface area contributed by atoms with Crippen LogP contribution in [0.4, 0.5) is 0 Å². The number of fused-ring (bicyclic) bond motifs is 1. The Morgan fingerprint density at radius 2 is 1.78 bits per heavy atom. The van der Waals surface area contributed by atoms with Crippen molar-refractivity contribution in [3.63, 3.8) is 0 Å². The molecule has 0 unspecified atom stereocenters. The van der Waals surface area contributed by atoms with Gasteiger partial charge in [0, 0.05) is 60.7 Å². The van der Waals surface area contributed by atoms with Crippen LogP contribution in [0.15, 0.2) is 71.0 Å². The summed E-state index contributed by atoms with van der Waals surface area (Å²) in [6, 6.07) is 11.6. The molecule has 264 valence electrons. The van der Waals surface area contributed by atoms with E-state index in [-0.39, 0.29) is 58.5 Å². The Morgan fingerprint density at radius 3 is 2.52 bits per heavy atom. The molecular formula is C33H35Cl2N7O7S. The molecule has 2 amide bonds. The number of hydrogen-bond acceptors (Lipinski definition) is 9. The highest BCUT2D eigenvalue weighted by molar-refractivity contribution is 7.89. The summed E-state index contributed by atoms with van der Waals surface area (Å²) in [4.78, 5) is 45.4. The summed E-state index contributed by atoms with van der Waals surface area (Å²) in [5.74, 6) is -0.942. The average molecular weight is 745 g/mol. The molecule has 0 aliphatic carbocycles. The second kappa shape index (κ2) is 15.9. The van der Waals surface area contributed by atoms with Crippen LogP contribution in [0.25, 0.3) is 5.65 Å². The number of pyridine rings is 1. The highest BCUT2D eigenvalue weighted by Crippen LogP contribution is 2.36. The fourth-order valence-electron chi connectivity index (χ4n) is 5.38. The van der Waals surface area contributed by atoms with Crippen LogP contribution in [0.5, 0.6) is 5.75 Å². The minimum atomic E-state index is -4.19. The number of oxime groups is 1. The molecule has 2 aromatic heterocycles. The number of rotatable bonds is 13. The highest BCUT2D eigenvalue weighted by Gasteiger charge is 2.40. The van der Waals surface area contributed by atoms with E-state index < -0.39 is 27.9 Å². The number of benzene rings is 2. The predicted octanol–water partition coefficient (Wildman–Crippen LogP) is 3.80. The Morgan fingerprint density at radius 1 is 1.06 bits per heavy atom. The lowest BCUT2D eigenvalue weighted by molar-refractivity contribution is -0.141. The lowest BCUT2D eigenvalue weighted by Gasteiger charge is -2.24. The highest BCUT2D eigenvalue weighted by atomic mass is 35.5. The van der Waals surface area contributed by atoms with Gasteiger partial charge in [-0.05, 0) is 62.6 Å². The zero-order chi connectivity index (χ0) is 36.0. The van der Waals surface area contributed by atoms with Gasteiger partial charge in [0.05, 0.1) is 10.7 Å². The number of amidine groups is 1. The fraction of sp³-hybridized carbons (Fsp3) is 0.303. The van der Waals surface area contributed by atoms with Crippen molar-refractivity contribution in [2.45, 2.75) is 50.7 Å². The third-order valence-electron chi connectivity index (χ3n) is 7.84. The smallest absolute Gasteiger partial charge is 0.332 e. The molecule has 14 nitrogen and oxygen atoms in total. The van der Waals surface area contributed by atoms with Crippen molar-refractivity contribution in [2.75, 3.05) is 19.6 Å². The average Bonchev–Trinajstić information content (AvgIpc) is 3.74. The molecule has 2 aromatic carbocycles. The van der Waals surface area contributed by atoms with Gasteiger partial charge in [0.1, 0.15) is 17.5 Å². The van der Waals surface area contributed by atoms with Crippen molar-refractivity contribution < 1.29 is 32.4 Å². The van der Waals surface area contributed by atoms with E-state index in [2.05, 4.69) is 25.6 Å². The summed E-state index contributed by atoms with van der Waals surface area (Å²) >= 11 is 13.1. The molecule has 4 N–H and O–H groups in total. The molecule has 0 saturated carbocycles. The normalized spacial score (nSPS) is 15.2. The standard InChI is InChI=1S/C33H35Cl2N7O7S/c1-20-18-41-16-4-7-27(31(41)39-20)48-19-24-25(34)12-13-28(29(24)35)50(46,47)42-17-3-6-26(42)33(45)38-15-5-14-37-32(44)23-10-8-22(9-11-23)30(36)40-49-21(2)43/h4,7-13,16,18,26H,3,5-6,14-15,17,19H2,1-2H3,(H2,36,40)(H,37,44)(H,38,45)/t26-/m0/s1. The maximum Gasteiger partial charge on any atom is 0.332 e. The van der Waals surface area contributed by atoms with Crippen LogP contribution in [-0.2, 0) is 31.1 Å². The van der Waals surface area contributed by atoms with Gasteiger partial charge in [-0.1, -0.05) is 40.5 Å². The maximum absolute atomic E-state index is 13.9. The predicted molar refractivity (Wildman–Crippen MR) is 187 cm³/mol. The third kappa shape index (κ3) is 8.35. The summed E-state index contributed by atoms with van der Waals surface area (Å²) in [5.41, 5.74) is 8.28. The zero-order valence-corrected chi connectivity index (χ0v) is 29.5. The SMILES string of the molecule is CC(=O)O/N=C(/N)c1ccc(C(=O)NCCCNC(=O)[C@@H]2CCCN2S(=O)(=O)c2ccc(Cl)c(COc3cccn4cc(C)nc34)c2Cl)cc1. The molecule has 17 heteroatoms. The van der Waals surface area contributed by atoms with Crippen molar-refractivity contribution in [2.24, 2.45) is 10.9 Å². The summed E-state index contributed by atoms with van der Waals surface area (Å²) in [5, 5.41) is 9.20. The number of nitrogens with zero attached hydrogens (tertiary/aromatic N) is 4. The largest absolute Gasteiger partial charge is 0.485 e. The second-order valence-electron chi connectivity index (χ2n) is 11.4. The first-order valence-corrected chi connectivity index (χ1v) is 17.8. The van der Waals surface area contributed by atoms with Crippen LogP contribution < -0.4 is 21.1 Å². The number of carbonyl (C=O) groups is 3. The quantitative estimate of drug-likeness (QED) is 0.0602. The van der Waals surface area contributed by atoms with Crippen LogP contribution in [0.2, 0.25) is 10.0 Å². The van der Waals surface area contributed by atoms with Crippen molar-refractivity contribution in [1.82, 2.24) is 24.3 Å². The Balaban J connectivity index is 1.15. The topological polar surface area (TPSA) is 187 Å². The Hall–Kier alpha value is -4.70. The third-order valence-corrected chi connectivity index (χ3v) is 10.7. The van der Waals surface area contributed by atoms with Gasteiger partial charge in [-0.3, -0.25) is 9.59 Å². The first kappa shape index (κ1) is 36.6. The molecule has 1 aliphatic heterocycles. The van der Waals surface area contributed by atoms with Crippen LogP contribution in [-0.4, -0.2) is 71.4 Å². The number of amides is 2. The molecule has 3 heterocycles. The monoisotopic (exact) mass is 743 g/mol. The van der Waals surface area contributed by atoms with Crippen LogP contribution in [0, 0.1) is 6.92 Å². The number of nitrogens with one attached hydrogen (secondary N) is 2. The number of halogens is 2. The van der Waals surface area contributed by atoms with Gasteiger partial charge < -0.3 is 30.3 Å². The maximum atomic E-state index is 13.9. The van der Waals surface area contributed by atoms with Gasteiger partial charge in [0.2, 0.25) is 15.9 Å². The van der Waals surface area contributed by atoms with E-state index in [1.54, 1.807) is 36.4 Å². The van der Waals surface area contributed by atoms with Crippen molar-refractivity contribution in [3.8, 4) is 5.75 Å². The van der Waals surface area contributed by atoms with Gasteiger partial charge in [-0.2, -0.15) is 4.31 Å². The molecule has 5 rings (SSSR count). The lowest BCUT2D eigenvalue weighted by atomic mass is 10.1. The molecule has 0 radical (unpaired) electrons. The first-order chi connectivity index (χ1) is 23.9. The molecular weight excluding hydrogens is 709 g/mol. The summed E-state index contributed by atoms with van der Waals surface area (Å²) in [6.07, 6.45) is 4.91. The van der Waals surface area contributed by atoms with Crippen LogP contribution in [0.1, 0.15) is 53.4 Å². The lowest BCUT2D eigenvalue weighted by Crippen LogP contribution is -2.46. The van der Waals surface area contributed by atoms with E-state index in [4.69, 9.17) is 33.7 Å². The number of nitrogens with two attached hydrogens (primary N) is 1. The Bertz CT molecular complexity index is 2050. The molecule has 1 aliphatic rings. The minimum absolute atomic E-state index is 0.0159. The van der Waals surface area contributed by atoms with Crippen molar-refractivity contribution in [3.05, 3.63) is 93.4 Å². The number of imidazole rings is 1. The van der Waals surface area contributed by atoms with E-state index in [9.17, 15) is 22.8 Å². The van der Waals surface area contributed by atoms with E-state index in [1.807, 2.05) is 23.7 Å². The van der Waals surface area contributed by atoms with Gasteiger partial charge in [-0.15, -0.1) is 0 Å². The summed E-state index contributed by atoms with van der Waals surface area (Å²) in [7, 11) is -4.19. The van der Waals surface area contributed by atoms with Crippen molar-refractivity contribution >= 4 is 62.5 Å². The molecule has 1 saturated heterocycles. The number of ether oxygens (including phenoxy) is 1. The van der Waals surface area contributed by atoms with Gasteiger partial charge in [-0.25, -0.2) is 18.2 Å². The Labute approximate surface area is 298 Å². The van der Waals surface area contributed by atoms with E-state index in [0.29, 0.717) is 41.8 Å². The van der Waals surface area contributed by atoms with E-state index >= 15 is 0 Å². The number of aryl methyl sites for hydroxylation is 1. The summed E-state index contributed by atoms with van der Waals surface area (Å²) < 4.78 is 36.7. The molecule has 1 fully saturated rings. The van der Waals surface area contributed by atoms with Crippen LogP contribution >= 0.6 is 23.2 Å². The molecule has 0 spiro atoms. The number of hydrogen-bond donors (Lipinski definition) is 3. The number of carbonyl (C=O) groups excluding carboxylic acids is 3. The molecule has 4 aromatic rings. The first-order valence-electron chi connectivity index (χ1n) is 15.6. The molecule has 1 atom stereocenters. The number of aromatic nitrogens is 2. The Kier molecular flexibility index (Phi) is 11.6. The van der Waals surface area contributed by atoms with E-state index in [1.165, 1.54) is 19.1 Å². The van der Waals surface area contributed by atoms with Gasteiger partial charge in [0.25, 0.3) is 5.91 Å². The molecule has 0 bridgehead atoms. The minimum Gasteiger partial charge on any atom is -0.485 e. The van der Waals surface area contributed by atoms with Crippen LogP contribution in [0.3, 0.4) is 0 Å². The number of sulfonamides is 1.